The van der Waals surface area contributed by atoms with Crippen LogP contribution in [0.4, 0.5) is 22.0 Å². The zero-order chi connectivity index (χ0) is 30.8. The van der Waals surface area contributed by atoms with Crippen molar-refractivity contribution in [1.82, 2.24) is 0 Å². The molecule has 0 saturated carbocycles. The molecule has 0 unspecified atom stereocenters. The molecule has 8 aromatic rings. The minimum absolute atomic E-state index is 0.110. The van der Waals surface area contributed by atoms with Crippen molar-refractivity contribution < 1.29 is 22.0 Å². The van der Waals surface area contributed by atoms with Crippen LogP contribution in [0, 0.1) is 29.1 Å². The second-order valence-electron chi connectivity index (χ2n) is 11.1. The van der Waals surface area contributed by atoms with E-state index >= 15 is 0 Å². The molecule has 0 spiro atoms. The van der Waals surface area contributed by atoms with Crippen molar-refractivity contribution in [2.45, 2.75) is 0 Å². The largest absolute Gasteiger partial charge is 0.203 e. The van der Waals surface area contributed by atoms with Gasteiger partial charge < -0.3 is 0 Å². The Morgan fingerprint density at radius 3 is 1.29 bits per heavy atom. The van der Waals surface area contributed by atoms with Crippen LogP contribution in [0.5, 0.6) is 0 Å². The van der Waals surface area contributed by atoms with E-state index in [1.54, 1.807) is 12.1 Å². The van der Waals surface area contributed by atoms with E-state index in [2.05, 4.69) is 78.9 Å². The molecule has 0 bridgehead atoms. The van der Waals surface area contributed by atoms with Crippen LogP contribution in [-0.2, 0) is 0 Å². The van der Waals surface area contributed by atoms with Gasteiger partial charge in [-0.2, -0.15) is 0 Å². The normalized spacial score (nSPS) is 11.7. The lowest BCUT2D eigenvalue weighted by Gasteiger charge is -2.18. The molecule has 5 heteroatoms. The minimum atomic E-state index is -2.18. The van der Waals surface area contributed by atoms with Gasteiger partial charge in [0.25, 0.3) is 0 Å². The molecule has 8 aromatic carbocycles. The maximum Gasteiger partial charge on any atom is 0.200 e. The third kappa shape index (κ3) is 4.19. The molecule has 216 valence electrons. The summed E-state index contributed by atoms with van der Waals surface area (Å²) in [6.07, 6.45) is 0. The maximum atomic E-state index is 14.6. The molecular formula is C40H21F5. The highest BCUT2D eigenvalue weighted by Gasteiger charge is 2.26. The van der Waals surface area contributed by atoms with Crippen LogP contribution >= 0.6 is 0 Å². The summed E-state index contributed by atoms with van der Waals surface area (Å²) >= 11 is 0. The Morgan fingerprint density at radius 2 is 0.756 bits per heavy atom. The number of rotatable bonds is 4. The van der Waals surface area contributed by atoms with Crippen LogP contribution in [0.2, 0.25) is 0 Å². The summed E-state index contributed by atoms with van der Waals surface area (Å²) in [6.45, 7) is 0. The molecule has 0 saturated heterocycles. The van der Waals surface area contributed by atoms with Crippen LogP contribution in [0.15, 0.2) is 127 Å². The zero-order valence-corrected chi connectivity index (χ0v) is 23.5. The Labute approximate surface area is 255 Å². The number of halogens is 5. The van der Waals surface area contributed by atoms with Gasteiger partial charge in [-0.25, -0.2) is 22.0 Å². The Balaban J connectivity index is 1.34. The van der Waals surface area contributed by atoms with Gasteiger partial charge in [0.1, 0.15) is 0 Å². The van der Waals surface area contributed by atoms with E-state index in [1.807, 2.05) is 24.3 Å². The van der Waals surface area contributed by atoms with Crippen molar-refractivity contribution >= 4 is 32.3 Å². The van der Waals surface area contributed by atoms with E-state index in [0.717, 1.165) is 65.7 Å². The summed E-state index contributed by atoms with van der Waals surface area (Å²) < 4.78 is 70.8. The summed E-state index contributed by atoms with van der Waals surface area (Å²) in [6, 6.07) is 41.3. The van der Waals surface area contributed by atoms with Crippen molar-refractivity contribution in [2.75, 3.05) is 0 Å². The quantitative estimate of drug-likeness (QED) is 0.0821. The molecule has 0 aliphatic carbocycles. The molecule has 0 aliphatic rings. The first-order valence-corrected chi connectivity index (χ1v) is 14.4. The molecule has 0 nitrogen and oxygen atoms in total. The van der Waals surface area contributed by atoms with Crippen LogP contribution in [-0.4, -0.2) is 0 Å². The SMILES string of the molecule is Fc1c(F)c(F)c(-c2ccc(-c3cc(-c4ccc(-c5ccccc5)cc4)c4ccc5cccc6ccc3c4c56)cc2)c(F)c1F. The first-order valence-electron chi connectivity index (χ1n) is 14.4. The van der Waals surface area contributed by atoms with Gasteiger partial charge in [0.2, 0.25) is 5.82 Å². The van der Waals surface area contributed by atoms with Gasteiger partial charge in [-0.3, -0.25) is 0 Å². The standard InChI is InChI=1S/C40H21F5/c41-36-34(37(42)39(44)40(45)38(36)43)28-15-13-25(14-16-28)32-21-31(24-11-9-23(10-12-24)22-5-2-1-3-6-22)29-19-17-26-7-4-8-27-18-20-30(32)35(29)33(26)27/h1-21H. The third-order valence-electron chi connectivity index (χ3n) is 8.64. The Hall–Kier alpha value is -5.55. The van der Waals surface area contributed by atoms with Crippen LogP contribution in [0.25, 0.3) is 76.8 Å². The highest BCUT2D eigenvalue weighted by atomic mass is 19.2. The Bertz CT molecular complexity index is 2350. The number of hydrogen-bond donors (Lipinski definition) is 0. The van der Waals surface area contributed by atoms with E-state index in [4.69, 9.17) is 0 Å². The van der Waals surface area contributed by atoms with Crippen LogP contribution in [0.3, 0.4) is 0 Å². The van der Waals surface area contributed by atoms with Gasteiger partial charge in [-0.05, 0) is 77.3 Å². The van der Waals surface area contributed by atoms with E-state index in [9.17, 15) is 22.0 Å². The molecule has 0 aromatic heterocycles. The van der Waals surface area contributed by atoms with Gasteiger partial charge >= 0.3 is 0 Å². The first-order chi connectivity index (χ1) is 21.9. The molecular weight excluding hydrogens is 575 g/mol. The van der Waals surface area contributed by atoms with Crippen LogP contribution in [0.1, 0.15) is 0 Å². The van der Waals surface area contributed by atoms with Crippen molar-refractivity contribution in [1.29, 1.82) is 0 Å². The summed E-state index contributed by atoms with van der Waals surface area (Å²) in [4.78, 5) is 0. The summed E-state index contributed by atoms with van der Waals surface area (Å²) in [5.74, 6) is -9.83. The van der Waals surface area contributed by atoms with E-state index in [1.165, 1.54) is 12.1 Å². The predicted molar refractivity (Wildman–Crippen MR) is 172 cm³/mol. The fourth-order valence-corrected chi connectivity index (χ4v) is 6.46. The molecule has 0 amide bonds. The summed E-state index contributed by atoms with van der Waals surface area (Å²) in [5.41, 5.74) is 4.81. The van der Waals surface area contributed by atoms with Gasteiger partial charge in [0.15, 0.2) is 23.3 Å². The van der Waals surface area contributed by atoms with Gasteiger partial charge in [-0.1, -0.05) is 121 Å². The molecule has 0 atom stereocenters. The molecule has 0 heterocycles. The number of benzene rings is 8. The van der Waals surface area contributed by atoms with Gasteiger partial charge in [-0.15, -0.1) is 0 Å². The zero-order valence-electron chi connectivity index (χ0n) is 23.5. The van der Waals surface area contributed by atoms with Gasteiger partial charge in [0, 0.05) is 0 Å². The average molecular weight is 597 g/mol. The second-order valence-corrected chi connectivity index (χ2v) is 11.1. The highest BCUT2D eigenvalue weighted by molar-refractivity contribution is 6.28. The smallest absolute Gasteiger partial charge is 0.200 e. The predicted octanol–water partition coefficient (Wildman–Crippen LogP) is 11.9. The third-order valence-corrected chi connectivity index (χ3v) is 8.64. The molecule has 8 rings (SSSR count). The first kappa shape index (κ1) is 27.0. The Morgan fingerprint density at radius 1 is 0.311 bits per heavy atom. The van der Waals surface area contributed by atoms with E-state index in [0.29, 0.717) is 0 Å². The lowest BCUT2D eigenvalue weighted by molar-refractivity contribution is 0.381. The summed E-state index contributed by atoms with van der Waals surface area (Å²) in [7, 11) is 0. The Kier molecular flexibility index (Phi) is 6.17. The van der Waals surface area contributed by atoms with Crippen molar-refractivity contribution in [3.8, 4) is 44.5 Å². The minimum Gasteiger partial charge on any atom is -0.203 e. The van der Waals surface area contributed by atoms with E-state index in [-0.39, 0.29) is 5.56 Å². The highest BCUT2D eigenvalue weighted by Crippen LogP contribution is 2.44. The molecule has 0 fully saturated rings. The van der Waals surface area contributed by atoms with Crippen molar-refractivity contribution in [2.24, 2.45) is 0 Å². The van der Waals surface area contributed by atoms with Gasteiger partial charge in [0.05, 0.1) is 5.56 Å². The van der Waals surface area contributed by atoms with Crippen LogP contribution < -0.4 is 0 Å². The van der Waals surface area contributed by atoms with Crippen molar-refractivity contribution in [3.63, 3.8) is 0 Å². The fraction of sp³-hybridized carbons (Fsp3) is 0. The average Bonchev–Trinajstić information content (AvgIpc) is 3.09. The topological polar surface area (TPSA) is 0 Å². The molecule has 0 radical (unpaired) electrons. The van der Waals surface area contributed by atoms with E-state index < -0.39 is 34.6 Å². The molecule has 0 aliphatic heterocycles. The maximum absolute atomic E-state index is 14.6. The summed E-state index contributed by atoms with van der Waals surface area (Å²) in [5, 5.41) is 6.51. The fourth-order valence-electron chi connectivity index (χ4n) is 6.46. The molecule has 0 N–H and O–H groups in total. The molecule has 45 heavy (non-hydrogen) atoms. The lowest BCUT2D eigenvalue weighted by Crippen LogP contribution is -2.03. The number of hydrogen-bond acceptors (Lipinski definition) is 0. The van der Waals surface area contributed by atoms with Crippen molar-refractivity contribution in [3.05, 3.63) is 156 Å². The second kappa shape index (κ2) is 10.3. The monoisotopic (exact) mass is 596 g/mol. The lowest BCUT2D eigenvalue weighted by atomic mass is 9.85.